The molecule has 1 atom stereocenters. The predicted molar refractivity (Wildman–Crippen MR) is 56.2 cm³/mol. The Morgan fingerprint density at radius 2 is 2.23 bits per heavy atom. The van der Waals surface area contributed by atoms with Crippen molar-refractivity contribution in [2.75, 3.05) is 7.05 Å². The van der Waals surface area contributed by atoms with Crippen LogP contribution in [0.25, 0.3) is 0 Å². The van der Waals surface area contributed by atoms with E-state index in [0.717, 1.165) is 12.0 Å². The molecule has 0 radical (unpaired) electrons. The van der Waals surface area contributed by atoms with Gasteiger partial charge in [-0.15, -0.1) is 0 Å². The quantitative estimate of drug-likeness (QED) is 0.863. The lowest BCUT2D eigenvalue weighted by atomic mass is 10.1. The van der Waals surface area contributed by atoms with Gasteiger partial charge in [0.1, 0.15) is 5.82 Å². The first-order valence-corrected chi connectivity index (χ1v) is 5.10. The molecular weight excluding hydrogens is 233 g/mol. The van der Waals surface area contributed by atoms with E-state index in [0.29, 0.717) is 10.5 Å². The van der Waals surface area contributed by atoms with Gasteiger partial charge < -0.3 is 5.32 Å². The summed E-state index contributed by atoms with van der Waals surface area (Å²) in [6.07, 6.45) is 0.995. The summed E-state index contributed by atoms with van der Waals surface area (Å²) >= 11 is 3.17. The summed E-state index contributed by atoms with van der Waals surface area (Å²) in [7, 11) is 1.91. The molecule has 0 saturated heterocycles. The van der Waals surface area contributed by atoms with Gasteiger partial charge in [0.2, 0.25) is 0 Å². The smallest absolute Gasteiger partial charge is 0.137 e. The molecular formula is C10H13BrFN. The van der Waals surface area contributed by atoms with E-state index in [-0.39, 0.29) is 5.82 Å². The first kappa shape index (κ1) is 10.7. The van der Waals surface area contributed by atoms with E-state index < -0.39 is 0 Å². The van der Waals surface area contributed by atoms with E-state index in [2.05, 4.69) is 28.2 Å². The third kappa shape index (κ3) is 2.51. The summed E-state index contributed by atoms with van der Waals surface area (Å²) in [5, 5.41) is 3.17. The van der Waals surface area contributed by atoms with Crippen molar-refractivity contribution in [1.29, 1.82) is 0 Å². The van der Waals surface area contributed by atoms with E-state index in [9.17, 15) is 4.39 Å². The summed E-state index contributed by atoms with van der Waals surface area (Å²) < 4.78 is 13.4. The molecule has 1 aromatic rings. The van der Waals surface area contributed by atoms with Gasteiger partial charge in [-0.2, -0.15) is 0 Å². The van der Waals surface area contributed by atoms with E-state index in [4.69, 9.17) is 0 Å². The molecule has 0 spiro atoms. The Bertz CT molecular complexity index is 284. The molecule has 0 aliphatic rings. The Morgan fingerprint density at radius 3 is 2.69 bits per heavy atom. The normalized spacial score (nSPS) is 12.9. The summed E-state index contributed by atoms with van der Waals surface area (Å²) in [4.78, 5) is 0. The topological polar surface area (TPSA) is 12.0 Å². The molecule has 1 nitrogen and oxygen atoms in total. The highest BCUT2D eigenvalue weighted by atomic mass is 79.9. The first-order valence-electron chi connectivity index (χ1n) is 4.31. The Morgan fingerprint density at radius 1 is 1.54 bits per heavy atom. The van der Waals surface area contributed by atoms with Crippen LogP contribution in [-0.2, 0) is 0 Å². The molecule has 3 heteroatoms. The van der Waals surface area contributed by atoms with Gasteiger partial charge in [0, 0.05) is 6.04 Å². The van der Waals surface area contributed by atoms with Gasteiger partial charge >= 0.3 is 0 Å². The van der Waals surface area contributed by atoms with Crippen molar-refractivity contribution < 1.29 is 4.39 Å². The molecule has 1 rings (SSSR count). The fraction of sp³-hybridized carbons (Fsp3) is 0.400. The van der Waals surface area contributed by atoms with Crippen LogP contribution in [0.5, 0.6) is 0 Å². The molecule has 0 aliphatic heterocycles. The second-order valence-corrected chi connectivity index (χ2v) is 3.78. The Balaban J connectivity index is 2.95. The molecule has 72 valence electrons. The number of halogens is 2. The highest BCUT2D eigenvalue weighted by Crippen LogP contribution is 2.22. The lowest BCUT2D eigenvalue weighted by molar-refractivity contribution is 0.571. The average Bonchev–Trinajstić information content (AvgIpc) is 2.13. The third-order valence-electron chi connectivity index (χ3n) is 2.10. The fourth-order valence-corrected chi connectivity index (χ4v) is 1.73. The zero-order valence-electron chi connectivity index (χ0n) is 7.77. The number of rotatable bonds is 3. The highest BCUT2D eigenvalue weighted by Gasteiger charge is 2.08. The van der Waals surface area contributed by atoms with Crippen LogP contribution in [-0.4, -0.2) is 7.05 Å². The van der Waals surface area contributed by atoms with Gasteiger partial charge in [-0.05, 0) is 47.1 Å². The molecule has 1 unspecified atom stereocenters. The van der Waals surface area contributed by atoms with E-state index in [1.807, 2.05) is 19.2 Å². The van der Waals surface area contributed by atoms with Crippen LogP contribution in [0.3, 0.4) is 0 Å². The molecule has 1 aromatic carbocycles. The van der Waals surface area contributed by atoms with Gasteiger partial charge in [-0.25, -0.2) is 4.39 Å². The number of benzene rings is 1. The summed E-state index contributed by atoms with van der Waals surface area (Å²) in [5.74, 6) is -0.213. The fourth-order valence-electron chi connectivity index (χ4n) is 1.34. The van der Waals surface area contributed by atoms with Crippen molar-refractivity contribution in [3.05, 3.63) is 34.1 Å². The van der Waals surface area contributed by atoms with Crippen molar-refractivity contribution in [2.45, 2.75) is 19.4 Å². The molecule has 0 saturated carbocycles. The SMILES string of the molecule is CCC(NC)c1ccc(F)c(Br)c1. The highest BCUT2D eigenvalue weighted by molar-refractivity contribution is 9.10. The molecule has 0 bridgehead atoms. The van der Waals surface area contributed by atoms with Crippen molar-refractivity contribution in [3.8, 4) is 0 Å². The maximum Gasteiger partial charge on any atom is 0.137 e. The van der Waals surface area contributed by atoms with Crippen LogP contribution < -0.4 is 5.32 Å². The van der Waals surface area contributed by atoms with Crippen LogP contribution in [0, 0.1) is 5.82 Å². The van der Waals surface area contributed by atoms with E-state index in [1.165, 1.54) is 6.07 Å². The van der Waals surface area contributed by atoms with Crippen molar-refractivity contribution in [2.24, 2.45) is 0 Å². The number of nitrogens with one attached hydrogen (secondary N) is 1. The number of hydrogen-bond donors (Lipinski definition) is 1. The lowest BCUT2D eigenvalue weighted by Crippen LogP contribution is -2.15. The minimum absolute atomic E-state index is 0.213. The van der Waals surface area contributed by atoms with Crippen molar-refractivity contribution in [3.63, 3.8) is 0 Å². The van der Waals surface area contributed by atoms with E-state index >= 15 is 0 Å². The molecule has 13 heavy (non-hydrogen) atoms. The monoisotopic (exact) mass is 245 g/mol. The summed E-state index contributed by atoms with van der Waals surface area (Å²) in [6, 6.07) is 5.42. The summed E-state index contributed by atoms with van der Waals surface area (Å²) in [6.45, 7) is 2.10. The molecule has 0 heterocycles. The third-order valence-corrected chi connectivity index (χ3v) is 2.71. The predicted octanol–water partition coefficient (Wildman–Crippen LogP) is 3.26. The van der Waals surface area contributed by atoms with Gasteiger partial charge in [0.05, 0.1) is 4.47 Å². The second-order valence-electron chi connectivity index (χ2n) is 2.92. The largest absolute Gasteiger partial charge is 0.313 e. The minimum atomic E-state index is -0.213. The summed E-state index contributed by atoms with van der Waals surface area (Å²) in [5.41, 5.74) is 1.11. The average molecular weight is 246 g/mol. The van der Waals surface area contributed by atoms with Crippen LogP contribution in [0.2, 0.25) is 0 Å². The van der Waals surface area contributed by atoms with Crippen molar-refractivity contribution in [1.82, 2.24) is 5.32 Å². The minimum Gasteiger partial charge on any atom is -0.313 e. The zero-order valence-corrected chi connectivity index (χ0v) is 9.36. The van der Waals surface area contributed by atoms with Crippen LogP contribution in [0.1, 0.15) is 24.9 Å². The van der Waals surface area contributed by atoms with Gasteiger partial charge in [0.15, 0.2) is 0 Å². The Kier molecular flexibility index (Phi) is 3.88. The van der Waals surface area contributed by atoms with Gasteiger partial charge in [-0.1, -0.05) is 13.0 Å². The lowest BCUT2D eigenvalue weighted by Gasteiger charge is -2.14. The molecule has 1 N–H and O–H groups in total. The Hall–Kier alpha value is -0.410. The van der Waals surface area contributed by atoms with E-state index in [1.54, 1.807) is 0 Å². The maximum atomic E-state index is 12.9. The number of hydrogen-bond acceptors (Lipinski definition) is 1. The van der Waals surface area contributed by atoms with Crippen molar-refractivity contribution >= 4 is 15.9 Å². The molecule has 0 fully saturated rings. The standard InChI is InChI=1S/C10H13BrFN/c1-3-10(13-2)7-4-5-9(12)8(11)6-7/h4-6,10,13H,3H2,1-2H3. The molecule has 0 aliphatic carbocycles. The van der Waals surface area contributed by atoms with Crippen LogP contribution in [0.15, 0.2) is 22.7 Å². The molecule has 0 aromatic heterocycles. The zero-order chi connectivity index (χ0) is 9.84. The maximum absolute atomic E-state index is 12.9. The Labute approximate surface area is 86.5 Å². The van der Waals surface area contributed by atoms with Gasteiger partial charge in [0.25, 0.3) is 0 Å². The second kappa shape index (κ2) is 4.72. The van der Waals surface area contributed by atoms with Crippen LogP contribution in [0.4, 0.5) is 4.39 Å². The van der Waals surface area contributed by atoms with Gasteiger partial charge in [-0.3, -0.25) is 0 Å². The molecule has 0 amide bonds. The first-order chi connectivity index (χ1) is 6.19. The van der Waals surface area contributed by atoms with Crippen LogP contribution >= 0.6 is 15.9 Å².